The first kappa shape index (κ1) is 13.7. The Kier molecular flexibility index (Phi) is 3.66. The summed E-state index contributed by atoms with van der Waals surface area (Å²) >= 11 is 1.59. The van der Waals surface area contributed by atoms with Gasteiger partial charge < -0.3 is 15.8 Å². The Hall–Kier alpha value is -2.27. The molecule has 4 nitrogen and oxygen atoms in total. The van der Waals surface area contributed by atoms with Crippen LogP contribution in [0.2, 0.25) is 0 Å². The third-order valence-electron chi connectivity index (χ3n) is 3.05. The summed E-state index contributed by atoms with van der Waals surface area (Å²) in [7, 11) is 0. The van der Waals surface area contributed by atoms with E-state index in [1.54, 1.807) is 11.3 Å². The number of rotatable bonds is 4. The first-order valence-corrected chi connectivity index (χ1v) is 7.67. The Morgan fingerprint density at radius 2 is 1.90 bits per heavy atom. The molecule has 0 atom stereocenters. The third-order valence-corrected chi connectivity index (χ3v) is 3.84. The van der Waals surface area contributed by atoms with Gasteiger partial charge in [0.2, 0.25) is 0 Å². The second-order valence-electron chi connectivity index (χ2n) is 5.04. The fourth-order valence-electron chi connectivity index (χ4n) is 2.11. The number of ether oxygens (including phenoxy) is 1. The summed E-state index contributed by atoms with van der Waals surface area (Å²) in [4.78, 5) is 4.30. The van der Waals surface area contributed by atoms with E-state index in [1.807, 2.05) is 55.8 Å². The molecule has 0 fully saturated rings. The molecule has 0 spiro atoms. The fourth-order valence-corrected chi connectivity index (χ4v) is 2.80. The quantitative estimate of drug-likeness (QED) is 0.701. The van der Waals surface area contributed by atoms with Gasteiger partial charge in [0.15, 0.2) is 0 Å². The zero-order valence-electron chi connectivity index (χ0n) is 12.0. The molecule has 0 aliphatic heterocycles. The van der Waals surface area contributed by atoms with Gasteiger partial charge in [-0.15, -0.1) is 11.3 Å². The number of nitrogen functional groups attached to an aromatic ring is 1. The zero-order valence-corrected chi connectivity index (χ0v) is 12.8. The number of nitrogens with two attached hydrogens (primary N) is 1. The van der Waals surface area contributed by atoms with Crippen LogP contribution in [-0.4, -0.2) is 11.1 Å². The third kappa shape index (κ3) is 2.92. The van der Waals surface area contributed by atoms with Crippen molar-refractivity contribution in [1.82, 2.24) is 4.98 Å². The normalized spacial score (nSPS) is 11.0. The number of aromatic nitrogens is 1. The van der Waals surface area contributed by atoms with E-state index in [-0.39, 0.29) is 6.10 Å². The minimum absolute atomic E-state index is 0.173. The summed E-state index contributed by atoms with van der Waals surface area (Å²) in [5.41, 5.74) is 11.3. The summed E-state index contributed by atoms with van der Waals surface area (Å²) < 4.78 is 6.73. The molecule has 3 aromatic rings. The standard InChI is InChI=1S/C16H17N3OS/c1-10(2)20-12-5-3-11(4-6-12)19-13-7-8-14-16(15(13)17)18-9-21-14/h3-10,19H,17H2,1-2H3. The van der Waals surface area contributed by atoms with Gasteiger partial charge in [0.05, 0.1) is 27.7 Å². The molecule has 0 aliphatic carbocycles. The summed E-state index contributed by atoms with van der Waals surface area (Å²) in [6, 6.07) is 11.8. The van der Waals surface area contributed by atoms with Crippen LogP contribution in [0.15, 0.2) is 41.9 Å². The van der Waals surface area contributed by atoms with E-state index < -0.39 is 0 Å². The molecule has 0 unspecified atom stereocenters. The molecule has 21 heavy (non-hydrogen) atoms. The monoisotopic (exact) mass is 299 g/mol. The lowest BCUT2D eigenvalue weighted by Crippen LogP contribution is -2.05. The number of hydrogen-bond acceptors (Lipinski definition) is 5. The molecule has 5 heteroatoms. The molecular weight excluding hydrogens is 282 g/mol. The fraction of sp³-hybridized carbons (Fsp3) is 0.188. The lowest BCUT2D eigenvalue weighted by molar-refractivity contribution is 0.242. The largest absolute Gasteiger partial charge is 0.491 e. The average molecular weight is 299 g/mol. The summed E-state index contributed by atoms with van der Waals surface area (Å²) in [6.07, 6.45) is 0.173. The SMILES string of the molecule is CC(C)Oc1ccc(Nc2ccc3scnc3c2N)cc1. The molecule has 0 saturated carbocycles. The molecule has 0 bridgehead atoms. The Balaban J connectivity index is 1.83. The molecular formula is C16H17N3OS. The van der Waals surface area contributed by atoms with Crippen LogP contribution >= 0.6 is 11.3 Å². The van der Waals surface area contributed by atoms with Crippen molar-refractivity contribution < 1.29 is 4.74 Å². The van der Waals surface area contributed by atoms with E-state index in [2.05, 4.69) is 10.3 Å². The van der Waals surface area contributed by atoms with Crippen LogP contribution in [0.3, 0.4) is 0 Å². The van der Waals surface area contributed by atoms with Gasteiger partial charge >= 0.3 is 0 Å². The number of nitrogens with one attached hydrogen (secondary N) is 1. The molecule has 0 amide bonds. The maximum absolute atomic E-state index is 6.16. The number of fused-ring (bicyclic) bond motifs is 1. The van der Waals surface area contributed by atoms with Crippen LogP contribution in [0.4, 0.5) is 17.1 Å². The van der Waals surface area contributed by atoms with Crippen LogP contribution in [-0.2, 0) is 0 Å². The van der Waals surface area contributed by atoms with Gasteiger partial charge in [0, 0.05) is 5.69 Å². The maximum Gasteiger partial charge on any atom is 0.119 e. The van der Waals surface area contributed by atoms with Crippen LogP contribution in [0, 0.1) is 0 Å². The van der Waals surface area contributed by atoms with Crippen molar-refractivity contribution in [1.29, 1.82) is 0 Å². The van der Waals surface area contributed by atoms with E-state index in [0.29, 0.717) is 5.69 Å². The molecule has 0 radical (unpaired) electrons. The highest BCUT2D eigenvalue weighted by Gasteiger charge is 2.07. The topological polar surface area (TPSA) is 60.2 Å². The Bertz CT molecular complexity index is 750. The first-order valence-electron chi connectivity index (χ1n) is 6.79. The van der Waals surface area contributed by atoms with Crippen molar-refractivity contribution in [2.24, 2.45) is 0 Å². The van der Waals surface area contributed by atoms with Gasteiger partial charge in [-0.05, 0) is 50.2 Å². The van der Waals surface area contributed by atoms with Gasteiger partial charge in [0.25, 0.3) is 0 Å². The first-order chi connectivity index (χ1) is 10.1. The van der Waals surface area contributed by atoms with Crippen molar-refractivity contribution in [3.63, 3.8) is 0 Å². The van der Waals surface area contributed by atoms with E-state index in [9.17, 15) is 0 Å². The van der Waals surface area contributed by atoms with Crippen molar-refractivity contribution in [3.8, 4) is 5.75 Å². The molecule has 1 heterocycles. The highest BCUT2D eigenvalue weighted by molar-refractivity contribution is 7.16. The van der Waals surface area contributed by atoms with E-state index >= 15 is 0 Å². The number of anilines is 3. The maximum atomic E-state index is 6.16. The summed E-state index contributed by atoms with van der Waals surface area (Å²) in [6.45, 7) is 4.02. The second-order valence-corrected chi connectivity index (χ2v) is 5.93. The van der Waals surface area contributed by atoms with Crippen LogP contribution in [0.25, 0.3) is 10.2 Å². The molecule has 0 aliphatic rings. The van der Waals surface area contributed by atoms with Gasteiger partial charge in [-0.2, -0.15) is 0 Å². The van der Waals surface area contributed by atoms with Gasteiger partial charge in [0.1, 0.15) is 11.3 Å². The van der Waals surface area contributed by atoms with Gasteiger partial charge in [-0.3, -0.25) is 0 Å². The van der Waals surface area contributed by atoms with Crippen molar-refractivity contribution >= 4 is 38.6 Å². The van der Waals surface area contributed by atoms with E-state index in [0.717, 1.165) is 27.3 Å². The molecule has 0 saturated heterocycles. The molecule has 108 valence electrons. The number of benzene rings is 2. The highest BCUT2D eigenvalue weighted by atomic mass is 32.1. The minimum Gasteiger partial charge on any atom is -0.491 e. The van der Waals surface area contributed by atoms with Gasteiger partial charge in [-0.1, -0.05) is 0 Å². The predicted molar refractivity (Wildman–Crippen MR) is 89.5 cm³/mol. The zero-order chi connectivity index (χ0) is 14.8. The molecule has 3 N–H and O–H groups in total. The Labute approximate surface area is 127 Å². The predicted octanol–water partition coefficient (Wildman–Crippen LogP) is 4.41. The van der Waals surface area contributed by atoms with Crippen LogP contribution in [0.1, 0.15) is 13.8 Å². The molecule has 3 rings (SSSR count). The number of nitrogens with zero attached hydrogens (tertiary/aromatic N) is 1. The highest BCUT2D eigenvalue weighted by Crippen LogP contribution is 2.32. The Morgan fingerprint density at radius 3 is 2.62 bits per heavy atom. The molecule has 2 aromatic carbocycles. The van der Waals surface area contributed by atoms with E-state index in [1.165, 1.54) is 0 Å². The lowest BCUT2D eigenvalue weighted by Gasteiger charge is -2.12. The van der Waals surface area contributed by atoms with Gasteiger partial charge in [-0.25, -0.2) is 4.98 Å². The second kappa shape index (κ2) is 5.61. The lowest BCUT2D eigenvalue weighted by atomic mass is 10.2. The van der Waals surface area contributed by atoms with Crippen molar-refractivity contribution in [3.05, 3.63) is 41.9 Å². The number of thiazole rings is 1. The average Bonchev–Trinajstić information content (AvgIpc) is 2.93. The summed E-state index contributed by atoms with van der Waals surface area (Å²) in [5, 5.41) is 3.32. The number of hydrogen-bond donors (Lipinski definition) is 2. The smallest absolute Gasteiger partial charge is 0.119 e. The summed E-state index contributed by atoms with van der Waals surface area (Å²) in [5.74, 6) is 0.860. The molecule has 1 aromatic heterocycles. The Morgan fingerprint density at radius 1 is 1.14 bits per heavy atom. The van der Waals surface area contributed by atoms with Crippen molar-refractivity contribution in [2.45, 2.75) is 20.0 Å². The van der Waals surface area contributed by atoms with Crippen LogP contribution in [0.5, 0.6) is 5.75 Å². The van der Waals surface area contributed by atoms with E-state index in [4.69, 9.17) is 10.5 Å². The van der Waals surface area contributed by atoms with Crippen molar-refractivity contribution in [2.75, 3.05) is 11.1 Å². The van der Waals surface area contributed by atoms with Crippen LogP contribution < -0.4 is 15.8 Å². The minimum atomic E-state index is 0.173.